The number of allylic oxidation sites excluding steroid dienone is 10. The van der Waals surface area contributed by atoms with E-state index in [-0.39, 0.29) is 38.6 Å². The number of carbonyl (C=O) groups excluding carboxylic acids is 3. The molecule has 0 aromatic carbocycles. The van der Waals surface area contributed by atoms with Gasteiger partial charge in [-0.25, -0.2) is 0 Å². The van der Waals surface area contributed by atoms with Gasteiger partial charge in [-0.05, 0) is 77.0 Å². The van der Waals surface area contributed by atoms with E-state index in [1.807, 2.05) is 21.1 Å². The number of esters is 2. The predicted octanol–water partition coefficient (Wildman–Crippen LogP) is 19.0. The van der Waals surface area contributed by atoms with Crippen LogP contribution >= 0.6 is 0 Å². The van der Waals surface area contributed by atoms with Crippen molar-refractivity contribution in [1.82, 2.24) is 0 Å². The van der Waals surface area contributed by atoms with E-state index in [4.69, 9.17) is 18.9 Å². The van der Waals surface area contributed by atoms with E-state index in [0.29, 0.717) is 17.4 Å². The fourth-order valence-electron chi connectivity index (χ4n) is 9.58. The van der Waals surface area contributed by atoms with Crippen LogP contribution in [0.25, 0.3) is 0 Å². The standard InChI is InChI=1S/C70H127NO8/c1-6-8-10-12-14-16-18-20-21-22-23-24-25-26-27-28-29-30-31-32-33-34-35-36-37-38-39-40-41-42-43-44-45-46-47-49-51-53-55-57-59-61-68(73)79-66(65-78-70(69(74)75)76-63-62-71(3,4)5)64-77-67(72)60-58-56-54-52-50-48-19-17-15-13-11-9-7-2/h11,13,17-20,22-23,25-26,66,70H,6-10,12,14-16,21,24,27-65H2,1-5H3/b13-11-,19-17-,20-18-,23-22-,26-25-. The van der Waals surface area contributed by atoms with E-state index in [0.717, 1.165) is 77.0 Å². The van der Waals surface area contributed by atoms with Crippen LogP contribution in [0.2, 0.25) is 0 Å². The largest absolute Gasteiger partial charge is 0.545 e. The Labute approximate surface area is 488 Å². The van der Waals surface area contributed by atoms with Gasteiger partial charge >= 0.3 is 11.9 Å². The summed E-state index contributed by atoms with van der Waals surface area (Å²) in [5.74, 6) is -2.29. The van der Waals surface area contributed by atoms with Crippen molar-refractivity contribution in [3.63, 3.8) is 0 Å². The summed E-state index contributed by atoms with van der Waals surface area (Å²) < 4.78 is 22.7. The second-order valence-electron chi connectivity index (χ2n) is 23.8. The van der Waals surface area contributed by atoms with Crippen LogP contribution in [0.4, 0.5) is 0 Å². The minimum absolute atomic E-state index is 0.146. The lowest BCUT2D eigenvalue weighted by Gasteiger charge is -2.26. The van der Waals surface area contributed by atoms with E-state index in [1.165, 1.54) is 199 Å². The van der Waals surface area contributed by atoms with Gasteiger partial charge in [0.25, 0.3) is 0 Å². The number of ether oxygens (including phenoxy) is 4. The Morgan fingerprint density at radius 1 is 0.380 bits per heavy atom. The maximum Gasteiger partial charge on any atom is 0.306 e. The number of hydrogen-bond donors (Lipinski definition) is 0. The molecular formula is C70H127NO8. The van der Waals surface area contributed by atoms with Crippen LogP contribution in [0.3, 0.4) is 0 Å². The van der Waals surface area contributed by atoms with Gasteiger partial charge < -0.3 is 33.3 Å². The van der Waals surface area contributed by atoms with Crippen LogP contribution in [0, 0.1) is 0 Å². The molecule has 0 rings (SSSR count). The smallest absolute Gasteiger partial charge is 0.306 e. The van der Waals surface area contributed by atoms with Gasteiger partial charge in [-0.3, -0.25) is 9.59 Å². The lowest BCUT2D eigenvalue weighted by atomic mass is 10.0. The molecule has 2 unspecified atom stereocenters. The topological polar surface area (TPSA) is 111 Å². The Bertz CT molecular complexity index is 1480. The molecule has 9 heteroatoms. The summed E-state index contributed by atoms with van der Waals surface area (Å²) in [4.78, 5) is 37.3. The number of carboxylic acids is 1. The Kier molecular flexibility index (Phi) is 58.7. The first-order valence-electron chi connectivity index (χ1n) is 33.4. The molecule has 0 aliphatic carbocycles. The van der Waals surface area contributed by atoms with Crippen LogP contribution in [0.1, 0.15) is 309 Å². The van der Waals surface area contributed by atoms with Crippen LogP contribution in [-0.4, -0.2) is 82.3 Å². The quantitative estimate of drug-likeness (QED) is 0.0195. The molecule has 0 aliphatic rings. The fraction of sp³-hybridized carbons (Fsp3) is 0.814. The monoisotopic (exact) mass is 1110 g/mol. The third kappa shape index (κ3) is 62.4. The van der Waals surface area contributed by atoms with Crippen molar-refractivity contribution < 1.29 is 42.9 Å². The Morgan fingerprint density at radius 3 is 1.06 bits per heavy atom. The van der Waals surface area contributed by atoms with Gasteiger partial charge in [-0.15, -0.1) is 0 Å². The molecular weight excluding hydrogens is 983 g/mol. The maximum atomic E-state index is 12.9. The Balaban J connectivity index is 3.90. The molecule has 460 valence electrons. The number of rotatable bonds is 62. The molecule has 9 nitrogen and oxygen atoms in total. The number of unbranched alkanes of at least 4 members (excludes halogenated alkanes) is 37. The number of hydrogen-bond acceptors (Lipinski definition) is 8. The molecule has 0 bridgehead atoms. The number of quaternary nitrogens is 1. The summed E-state index contributed by atoms with van der Waals surface area (Å²) in [5, 5.41) is 11.8. The summed E-state index contributed by atoms with van der Waals surface area (Å²) in [6.45, 7) is 4.68. The molecule has 79 heavy (non-hydrogen) atoms. The van der Waals surface area contributed by atoms with Crippen molar-refractivity contribution in [2.75, 3.05) is 47.5 Å². The lowest BCUT2D eigenvalue weighted by Crippen LogP contribution is -2.44. The first-order chi connectivity index (χ1) is 38.6. The summed E-state index contributed by atoms with van der Waals surface area (Å²) >= 11 is 0. The van der Waals surface area contributed by atoms with Crippen LogP contribution < -0.4 is 5.11 Å². The van der Waals surface area contributed by atoms with Gasteiger partial charge in [0.1, 0.15) is 13.2 Å². The molecule has 0 N–H and O–H groups in total. The van der Waals surface area contributed by atoms with Crippen molar-refractivity contribution in [3.05, 3.63) is 60.8 Å². The highest BCUT2D eigenvalue weighted by molar-refractivity contribution is 5.70. The van der Waals surface area contributed by atoms with Gasteiger partial charge in [0.15, 0.2) is 12.4 Å². The Hall–Kier alpha value is -3.01. The third-order valence-electron chi connectivity index (χ3n) is 14.7. The van der Waals surface area contributed by atoms with E-state index in [2.05, 4.69) is 74.6 Å². The molecule has 0 radical (unpaired) electrons. The van der Waals surface area contributed by atoms with Crippen LogP contribution in [0.5, 0.6) is 0 Å². The van der Waals surface area contributed by atoms with Crippen molar-refractivity contribution >= 4 is 17.9 Å². The second-order valence-corrected chi connectivity index (χ2v) is 23.8. The first kappa shape index (κ1) is 76.0. The molecule has 0 aliphatic heterocycles. The van der Waals surface area contributed by atoms with Gasteiger partial charge in [-0.1, -0.05) is 280 Å². The molecule has 0 fully saturated rings. The van der Waals surface area contributed by atoms with Crippen LogP contribution in [0.15, 0.2) is 60.8 Å². The van der Waals surface area contributed by atoms with Crippen LogP contribution in [-0.2, 0) is 33.3 Å². The Morgan fingerprint density at radius 2 is 0.709 bits per heavy atom. The fourth-order valence-corrected chi connectivity index (χ4v) is 9.58. The van der Waals surface area contributed by atoms with Gasteiger partial charge in [0.2, 0.25) is 0 Å². The molecule has 0 aromatic heterocycles. The summed E-state index contributed by atoms with van der Waals surface area (Å²) in [7, 11) is 5.92. The molecule has 0 saturated carbocycles. The van der Waals surface area contributed by atoms with Crippen molar-refractivity contribution in [3.8, 4) is 0 Å². The number of carbonyl (C=O) groups is 3. The van der Waals surface area contributed by atoms with Gasteiger partial charge in [0, 0.05) is 12.8 Å². The third-order valence-corrected chi connectivity index (χ3v) is 14.7. The normalized spacial score (nSPS) is 13.1. The predicted molar refractivity (Wildman–Crippen MR) is 334 cm³/mol. The lowest BCUT2D eigenvalue weighted by molar-refractivity contribution is -0.870. The zero-order valence-electron chi connectivity index (χ0n) is 52.5. The molecule has 0 heterocycles. The highest BCUT2D eigenvalue weighted by Gasteiger charge is 2.22. The minimum atomic E-state index is -1.62. The van der Waals surface area contributed by atoms with Crippen molar-refractivity contribution in [2.45, 2.75) is 322 Å². The van der Waals surface area contributed by atoms with E-state index >= 15 is 0 Å². The molecule has 0 amide bonds. The number of aliphatic carboxylic acids is 1. The summed E-state index contributed by atoms with van der Waals surface area (Å²) in [6, 6.07) is 0. The average molecular weight is 1110 g/mol. The zero-order valence-corrected chi connectivity index (χ0v) is 52.5. The molecule has 0 saturated heterocycles. The van der Waals surface area contributed by atoms with Crippen molar-refractivity contribution in [2.24, 2.45) is 0 Å². The number of nitrogens with zero attached hydrogens (tertiary/aromatic N) is 1. The summed E-state index contributed by atoms with van der Waals surface area (Å²) in [5.41, 5.74) is 0. The van der Waals surface area contributed by atoms with E-state index in [1.54, 1.807) is 0 Å². The molecule has 0 spiro atoms. The zero-order chi connectivity index (χ0) is 57.6. The number of likely N-dealkylation sites (N-methyl/N-ethyl adjacent to an activating group) is 1. The van der Waals surface area contributed by atoms with Gasteiger partial charge in [-0.2, -0.15) is 0 Å². The van der Waals surface area contributed by atoms with Crippen molar-refractivity contribution in [1.29, 1.82) is 0 Å². The minimum Gasteiger partial charge on any atom is -0.545 e. The maximum absolute atomic E-state index is 12.9. The van der Waals surface area contributed by atoms with E-state index in [9.17, 15) is 19.5 Å². The van der Waals surface area contributed by atoms with E-state index < -0.39 is 24.3 Å². The molecule has 2 atom stereocenters. The van der Waals surface area contributed by atoms with Gasteiger partial charge in [0.05, 0.1) is 40.3 Å². The second kappa shape index (κ2) is 61.1. The molecule has 0 aromatic rings. The summed E-state index contributed by atoms with van der Waals surface area (Å²) in [6.07, 6.45) is 76.1. The average Bonchev–Trinajstić information content (AvgIpc) is 3.42. The number of carboxylic acid groups (broad SMARTS) is 1. The first-order valence-corrected chi connectivity index (χ1v) is 33.4. The SMILES string of the molecule is CCC/C=C\C/C=C\CCCCCCCC(=O)OCC(COC(OCC[N+](C)(C)C)C(=O)[O-])OC(=O)CCCCCCCCCCCCCCCCCCCCCCCCCCCC/C=C\C/C=C\C/C=C\CCCCCCC. The highest BCUT2D eigenvalue weighted by atomic mass is 16.7. The highest BCUT2D eigenvalue weighted by Crippen LogP contribution is 2.18.